The van der Waals surface area contributed by atoms with E-state index in [-0.39, 0.29) is 5.91 Å². The number of carbonyl (C=O) groups is 1. The second-order valence-electron chi connectivity index (χ2n) is 5.09. The standard InChI is InChI=1S/C15H16FN3O2/c1-11-9-14(17-21-11)18-5-7-19(8-6-18)15(20)12-3-2-4-13(16)10-12/h2-4,9-10H,5-8H2,1H3. The van der Waals surface area contributed by atoms with Crippen molar-refractivity contribution in [1.29, 1.82) is 0 Å². The van der Waals surface area contributed by atoms with Crippen LogP contribution in [0.4, 0.5) is 10.2 Å². The van der Waals surface area contributed by atoms with Gasteiger partial charge in [-0.05, 0) is 25.1 Å². The zero-order chi connectivity index (χ0) is 14.8. The molecule has 1 saturated heterocycles. The van der Waals surface area contributed by atoms with Gasteiger partial charge in [-0.3, -0.25) is 4.79 Å². The summed E-state index contributed by atoms with van der Waals surface area (Å²) in [6.45, 7) is 4.39. The largest absolute Gasteiger partial charge is 0.360 e. The minimum Gasteiger partial charge on any atom is -0.360 e. The first kappa shape index (κ1) is 13.6. The average Bonchev–Trinajstić information content (AvgIpc) is 2.93. The third-order valence-electron chi connectivity index (χ3n) is 3.58. The number of aromatic nitrogens is 1. The molecule has 1 amide bonds. The molecule has 1 aromatic heterocycles. The summed E-state index contributed by atoms with van der Waals surface area (Å²) < 4.78 is 18.2. The summed E-state index contributed by atoms with van der Waals surface area (Å²) in [6, 6.07) is 7.68. The summed E-state index contributed by atoms with van der Waals surface area (Å²) in [4.78, 5) is 16.1. The molecule has 1 aliphatic rings. The summed E-state index contributed by atoms with van der Waals surface area (Å²) in [5.41, 5.74) is 0.390. The molecule has 0 aliphatic carbocycles. The van der Waals surface area contributed by atoms with E-state index in [9.17, 15) is 9.18 Å². The van der Waals surface area contributed by atoms with Crippen LogP contribution in [-0.4, -0.2) is 42.1 Å². The number of rotatable bonds is 2. The number of nitrogens with zero attached hydrogens (tertiary/aromatic N) is 3. The van der Waals surface area contributed by atoms with Crippen molar-refractivity contribution in [2.45, 2.75) is 6.92 Å². The lowest BCUT2D eigenvalue weighted by Gasteiger charge is -2.34. The van der Waals surface area contributed by atoms with Gasteiger partial charge in [-0.25, -0.2) is 4.39 Å². The Hall–Kier alpha value is -2.37. The zero-order valence-electron chi connectivity index (χ0n) is 11.8. The number of hydrogen-bond donors (Lipinski definition) is 0. The van der Waals surface area contributed by atoms with Gasteiger partial charge >= 0.3 is 0 Å². The van der Waals surface area contributed by atoms with Crippen LogP contribution in [0.3, 0.4) is 0 Å². The van der Waals surface area contributed by atoms with E-state index in [0.29, 0.717) is 31.7 Å². The Morgan fingerprint density at radius 1 is 1.24 bits per heavy atom. The Morgan fingerprint density at radius 3 is 2.62 bits per heavy atom. The number of amides is 1. The fourth-order valence-electron chi connectivity index (χ4n) is 2.45. The van der Waals surface area contributed by atoms with Crippen LogP contribution in [0, 0.1) is 12.7 Å². The Morgan fingerprint density at radius 2 is 2.00 bits per heavy atom. The lowest BCUT2D eigenvalue weighted by atomic mass is 10.1. The monoisotopic (exact) mass is 289 g/mol. The van der Waals surface area contributed by atoms with E-state index in [1.807, 2.05) is 13.0 Å². The van der Waals surface area contributed by atoms with Gasteiger partial charge in [0.2, 0.25) is 0 Å². The van der Waals surface area contributed by atoms with Crippen molar-refractivity contribution in [3.05, 3.63) is 47.5 Å². The molecule has 110 valence electrons. The summed E-state index contributed by atoms with van der Waals surface area (Å²) in [7, 11) is 0. The number of halogens is 1. The Kier molecular flexibility index (Phi) is 3.60. The molecule has 0 unspecified atom stereocenters. The average molecular weight is 289 g/mol. The zero-order valence-corrected chi connectivity index (χ0v) is 11.8. The Labute approximate surface area is 121 Å². The van der Waals surface area contributed by atoms with E-state index >= 15 is 0 Å². The van der Waals surface area contributed by atoms with Crippen LogP contribution in [0.25, 0.3) is 0 Å². The minimum atomic E-state index is -0.391. The molecular weight excluding hydrogens is 273 g/mol. The molecule has 21 heavy (non-hydrogen) atoms. The van der Waals surface area contributed by atoms with Gasteiger partial charge in [-0.1, -0.05) is 11.2 Å². The van der Waals surface area contributed by atoms with Gasteiger partial charge in [-0.15, -0.1) is 0 Å². The molecule has 2 heterocycles. The lowest BCUT2D eigenvalue weighted by Crippen LogP contribution is -2.48. The molecule has 0 spiro atoms. The number of benzene rings is 1. The normalized spacial score (nSPS) is 15.3. The summed E-state index contributed by atoms with van der Waals surface area (Å²) in [6.07, 6.45) is 0. The lowest BCUT2D eigenvalue weighted by molar-refractivity contribution is 0.0746. The van der Waals surface area contributed by atoms with Crippen molar-refractivity contribution in [3.63, 3.8) is 0 Å². The van der Waals surface area contributed by atoms with E-state index in [1.54, 1.807) is 17.0 Å². The van der Waals surface area contributed by atoms with Gasteiger partial charge in [0.25, 0.3) is 5.91 Å². The summed E-state index contributed by atoms with van der Waals surface area (Å²) in [5.74, 6) is 1.04. The summed E-state index contributed by atoms with van der Waals surface area (Å²) in [5, 5.41) is 3.98. The van der Waals surface area contributed by atoms with Gasteiger partial charge in [0.05, 0.1) is 0 Å². The predicted octanol–water partition coefficient (Wildman–Crippen LogP) is 2.08. The molecule has 0 N–H and O–H groups in total. The van der Waals surface area contributed by atoms with Crippen molar-refractivity contribution >= 4 is 11.7 Å². The van der Waals surface area contributed by atoms with Crippen LogP contribution in [0.5, 0.6) is 0 Å². The maximum Gasteiger partial charge on any atom is 0.254 e. The van der Waals surface area contributed by atoms with Crippen molar-refractivity contribution in [1.82, 2.24) is 10.1 Å². The fourth-order valence-corrected chi connectivity index (χ4v) is 2.45. The quantitative estimate of drug-likeness (QED) is 0.849. The van der Waals surface area contributed by atoms with Crippen LogP contribution in [0.15, 0.2) is 34.9 Å². The number of aryl methyl sites for hydroxylation is 1. The maximum atomic E-state index is 13.2. The molecule has 5 nitrogen and oxygen atoms in total. The highest BCUT2D eigenvalue weighted by atomic mass is 19.1. The molecule has 0 saturated carbocycles. The molecule has 2 aromatic rings. The van der Waals surface area contributed by atoms with Gasteiger partial charge in [0, 0.05) is 37.8 Å². The molecule has 1 fully saturated rings. The second kappa shape index (κ2) is 5.55. The van der Waals surface area contributed by atoms with Gasteiger partial charge in [0.15, 0.2) is 5.82 Å². The van der Waals surface area contributed by atoms with Crippen LogP contribution < -0.4 is 4.90 Å². The molecule has 3 rings (SSSR count). The Bertz CT molecular complexity index is 648. The fraction of sp³-hybridized carbons (Fsp3) is 0.333. The molecule has 0 radical (unpaired) electrons. The topological polar surface area (TPSA) is 49.6 Å². The third-order valence-corrected chi connectivity index (χ3v) is 3.58. The van der Waals surface area contributed by atoms with Gasteiger partial charge in [-0.2, -0.15) is 0 Å². The Balaban J connectivity index is 1.64. The van der Waals surface area contributed by atoms with Crippen molar-refractivity contribution in [2.75, 3.05) is 31.1 Å². The smallest absolute Gasteiger partial charge is 0.254 e. The third kappa shape index (κ3) is 2.89. The maximum absolute atomic E-state index is 13.2. The summed E-state index contributed by atoms with van der Waals surface area (Å²) >= 11 is 0. The highest BCUT2D eigenvalue weighted by Crippen LogP contribution is 2.17. The van der Waals surface area contributed by atoms with E-state index in [0.717, 1.165) is 11.6 Å². The first-order valence-corrected chi connectivity index (χ1v) is 6.86. The molecule has 0 bridgehead atoms. The van der Waals surface area contributed by atoms with Crippen molar-refractivity contribution in [2.24, 2.45) is 0 Å². The first-order chi connectivity index (χ1) is 10.1. The highest BCUT2D eigenvalue weighted by molar-refractivity contribution is 5.94. The van der Waals surface area contributed by atoms with Crippen LogP contribution >= 0.6 is 0 Å². The highest BCUT2D eigenvalue weighted by Gasteiger charge is 2.23. The van der Waals surface area contributed by atoms with Crippen LogP contribution in [-0.2, 0) is 0 Å². The van der Waals surface area contributed by atoms with E-state index in [4.69, 9.17) is 4.52 Å². The van der Waals surface area contributed by atoms with Crippen molar-refractivity contribution in [3.8, 4) is 0 Å². The molecule has 6 heteroatoms. The number of carbonyl (C=O) groups excluding carboxylic acids is 1. The predicted molar refractivity (Wildman–Crippen MR) is 75.8 cm³/mol. The van der Waals surface area contributed by atoms with E-state index in [2.05, 4.69) is 10.1 Å². The van der Waals surface area contributed by atoms with E-state index < -0.39 is 5.82 Å². The number of hydrogen-bond acceptors (Lipinski definition) is 4. The molecule has 1 aliphatic heterocycles. The SMILES string of the molecule is Cc1cc(N2CCN(C(=O)c3cccc(F)c3)CC2)no1. The van der Waals surface area contributed by atoms with E-state index in [1.165, 1.54) is 12.1 Å². The molecule has 0 atom stereocenters. The van der Waals surface area contributed by atoms with Crippen molar-refractivity contribution < 1.29 is 13.7 Å². The molecular formula is C15H16FN3O2. The first-order valence-electron chi connectivity index (χ1n) is 6.86. The van der Waals surface area contributed by atoms with Gasteiger partial charge < -0.3 is 14.3 Å². The molecule has 1 aromatic carbocycles. The van der Waals surface area contributed by atoms with Gasteiger partial charge in [0.1, 0.15) is 11.6 Å². The second-order valence-corrected chi connectivity index (χ2v) is 5.09. The number of piperazine rings is 1. The minimum absolute atomic E-state index is 0.134. The van der Waals surface area contributed by atoms with Crippen LogP contribution in [0.2, 0.25) is 0 Å². The number of anilines is 1. The van der Waals surface area contributed by atoms with Crippen LogP contribution in [0.1, 0.15) is 16.1 Å².